The molecule has 1 heterocycles. The van der Waals surface area contributed by atoms with Crippen molar-refractivity contribution in [2.24, 2.45) is 0 Å². The van der Waals surface area contributed by atoms with E-state index < -0.39 is 0 Å². The molecule has 0 amide bonds. The second-order valence-corrected chi connectivity index (χ2v) is 6.11. The van der Waals surface area contributed by atoms with Crippen LogP contribution in [0.1, 0.15) is 31.2 Å². The maximum Gasteiger partial charge on any atom is 0.0348 e. The Kier molecular flexibility index (Phi) is 2.15. The highest BCUT2D eigenvalue weighted by Crippen LogP contribution is 2.34. The van der Waals surface area contributed by atoms with E-state index in [9.17, 15) is 0 Å². The van der Waals surface area contributed by atoms with Gasteiger partial charge in [0, 0.05) is 9.58 Å². The van der Waals surface area contributed by atoms with E-state index in [1.165, 1.54) is 20.5 Å². The largest absolute Gasteiger partial charge is 0.141 e. The maximum atomic E-state index is 2.31. The number of benzene rings is 1. The first-order valence-electron chi connectivity index (χ1n) is 4.98. The number of hydrogen-bond acceptors (Lipinski definition) is 1. The van der Waals surface area contributed by atoms with Gasteiger partial charge in [-0.2, -0.15) is 0 Å². The van der Waals surface area contributed by atoms with E-state index in [1.807, 2.05) is 11.3 Å². The first-order chi connectivity index (χ1) is 6.48. The van der Waals surface area contributed by atoms with Crippen LogP contribution in [0.3, 0.4) is 0 Å². The summed E-state index contributed by atoms with van der Waals surface area (Å²) < 4.78 is 1.41. The van der Waals surface area contributed by atoms with Crippen molar-refractivity contribution < 1.29 is 0 Å². The molecule has 2 rings (SSSR count). The van der Waals surface area contributed by atoms with Crippen molar-refractivity contribution in [3.05, 3.63) is 34.7 Å². The summed E-state index contributed by atoms with van der Waals surface area (Å²) in [7, 11) is 0. The topological polar surface area (TPSA) is 0 Å². The zero-order valence-corrected chi connectivity index (χ0v) is 10.0. The molecule has 14 heavy (non-hydrogen) atoms. The van der Waals surface area contributed by atoms with E-state index in [0.29, 0.717) is 0 Å². The number of hydrogen-bond donors (Lipinski definition) is 0. The van der Waals surface area contributed by atoms with E-state index in [0.717, 1.165) is 0 Å². The van der Waals surface area contributed by atoms with Crippen LogP contribution < -0.4 is 0 Å². The lowest BCUT2D eigenvalue weighted by atomic mass is 9.85. The van der Waals surface area contributed by atoms with Gasteiger partial charge in [0.1, 0.15) is 0 Å². The highest BCUT2D eigenvalue weighted by Gasteiger charge is 2.17. The van der Waals surface area contributed by atoms with Gasteiger partial charge in [-0.15, -0.1) is 11.3 Å². The molecule has 0 radical (unpaired) electrons. The summed E-state index contributed by atoms with van der Waals surface area (Å²) in [6, 6.07) is 8.93. The Labute approximate surface area is 89.6 Å². The lowest BCUT2D eigenvalue weighted by molar-refractivity contribution is 0.596. The van der Waals surface area contributed by atoms with Crippen molar-refractivity contribution in [2.45, 2.75) is 33.1 Å². The summed E-state index contributed by atoms with van der Waals surface area (Å²) in [6.45, 7) is 9.00. The summed E-state index contributed by atoms with van der Waals surface area (Å²) in [4.78, 5) is 1.40. The molecule has 0 aliphatic heterocycles. The molecule has 0 aliphatic carbocycles. The number of fused-ring (bicyclic) bond motifs is 1. The van der Waals surface area contributed by atoms with Gasteiger partial charge in [-0.05, 0) is 35.4 Å². The molecule has 0 atom stereocenters. The molecule has 2 aromatic rings. The Hall–Kier alpha value is -0.820. The van der Waals surface area contributed by atoms with E-state index in [-0.39, 0.29) is 5.41 Å². The third kappa shape index (κ3) is 1.57. The molecular weight excluding hydrogens is 188 g/mol. The van der Waals surface area contributed by atoms with E-state index >= 15 is 0 Å². The molecule has 0 saturated heterocycles. The standard InChI is InChI=1S/C13H16S/c1-9-8-10-11(13(2,3)4)6-5-7-12(10)14-9/h5-8H,1-4H3. The van der Waals surface area contributed by atoms with Crippen LogP contribution in [-0.2, 0) is 5.41 Å². The first kappa shape index (κ1) is 9.72. The van der Waals surface area contributed by atoms with Crippen molar-refractivity contribution in [1.82, 2.24) is 0 Å². The summed E-state index contributed by atoms with van der Waals surface area (Å²) >= 11 is 1.88. The fourth-order valence-corrected chi connectivity index (χ4v) is 2.79. The second-order valence-electron chi connectivity index (χ2n) is 4.82. The molecule has 0 bridgehead atoms. The van der Waals surface area contributed by atoms with Crippen molar-refractivity contribution in [1.29, 1.82) is 0 Å². The van der Waals surface area contributed by atoms with Crippen LogP contribution in [0.2, 0.25) is 0 Å². The van der Waals surface area contributed by atoms with Gasteiger partial charge in [-0.3, -0.25) is 0 Å². The Morgan fingerprint density at radius 3 is 2.50 bits per heavy atom. The van der Waals surface area contributed by atoms with Crippen molar-refractivity contribution in [3.63, 3.8) is 0 Å². The van der Waals surface area contributed by atoms with Gasteiger partial charge in [0.2, 0.25) is 0 Å². The Bertz CT molecular complexity index is 458. The fourth-order valence-electron chi connectivity index (χ4n) is 1.84. The molecule has 0 unspecified atom stereocenters. The minimum absolute atomic E-state index is 0.243. The molecule has 0 spiro atoms. The van der Waals surface area contributed by atoms with Gasteiger partial charge in [-0.1, -0.05) is 32.9 Å². The van der Waals surface area contributed by atoms with Crippen LogP contribution in [0.5, 0.6) is 0 Å². The van der Waals surface area contributed by atoms with Crippen LogP contribution in [0, 0.1) is 6.92 Å². The quantitative estimate of drug-likeness (QED) is 0.592. The van der Waals surface area contributed by atoms with Crippen molar-refractivity contribution in [2.75, 3.05) is 0 Å². The normalized spacial score (nSPS) is 12.3. The van der Waals surface area contributed by atoms with Gasteiger partial charge in [0.25, 0.3) is 0 Å². The lowest BCUT2D eigenvalue weighted by Crippen LogP contribution is -2.10. The molecule has 74 valence electrons. The molecule has 0 N–H and O–H groups in total. The van der Waals surface area contributed by atoms with E-state index in [1.54, 1.807) is 0 Å². The Morgan fingerprint density at radius 1 is 1.14 bits per heavy atom. The Balaban J connectivity index is 2.77. The van der Waals surface area contributed by atoms with Crippen LogP contribution in [0.15, 0.2) is 24.3 Å². The van der Waals surface area contributed by atoms with Crippen LogP contribution in [0.25, 0.3) is 10.1 Å². The molecule has 1 aromatic heterocycles. The number of aryl methyl sites for hydroxylation is 1. The van der Waals surface area contributed by atoms with Gasteiger partial charge in [-0.25, -0.2) is 0 Å². The SMILES string of the molecule is Cc1cc2c(C(C)(C)C)cccc2s1. The molecule has 0 nitrogen and oxygen atoms in total. The predicted octanol–water partition coefficient (Wildman–Crippen LogP) is 4.51. The summed E-state index contributed by atoms with van der Waals surface area (Å²) in [5.74, 6) is 0. The molecule has 0 fully saturated rings. The summed E-state index contributed by atoms with van der Waals surface area (Å²) in [5.41, 5.74) is 1.70. The minimum Gasteiger partial charge on any atom is -0.141 e. The monoisotopic (exact) mass is 204 g/mol. The predicted molar refractivity (Wildman–Crippen MR) is 65.3 cm³/mol. The lowest BCUT2D eigenvalue weighted by Gasteiger charge is -2.19. The summed E-state index contributed by atoms with van der Waals surface area (Å²) in [5, 5.41) is 1.43. The van der Waals surface area contributed by atoms with E-state index in [2.05, 4.69) is 52.0 Å². The number of thiophene rings is 1. The Morgan fingerprint density at radius 2 is 1.86 bits per heavy atom. The van der Waals surface area contributed by atoms with Gasteiger partial charge in [0.15, 0.2) is 0 Å². The van der Waals surface area contributed by atoms with Crippen LogP contribution in [-0.4, -0.2) is 0 Å². The maximum absolute atomic E-state index is 2.31. The molecular formula is C13H16S. The minimum atomic E-state index is 0.243. The summed E-state index contributed by atoms with van der Waals surface area (Å²) in [6.07, 6.45) is 0. The van der Waals surface area contributed by atoms with Crippen LogP contribution in [0.4, 0.5) is 0 Å². The molecule has 0 saturated carbocycles. The third-order valence-corrected chi connectivity index (χ3v) is 3.51. The second kappa shape index (κ2) is 3.09. The number of rotatable bonds is 0. The zero-order valence-electron chi connectivity index (χ0n) is 9.22. The van der Waals surface area contributed by atoms with Crippen molar-refractivity contribution in [3.8, 4) is 0 Å². The first-order valence-corrected chi connectivity index (χ1v) is 5.80. The molecule has 1 aromatic carbocycles. The van der Waals surface area contributed by atoms with Gasteiger partial charge < -0.3 is 0 Å². The fraction of sp³-hybridized carbons (Fsp3) is 0.385. The van der Waals surface area contributed by atoms with Gasteiger partial charge >= 0.3 is 0 Å². The zero-order chi connectivity index (χ0) is 10.3. The highest BCUT2D eigenvalue weighted by molar-refractivity contribution is 7.19. The van der Waals surface area contributed by atoms with E-state index in [4.69, 9.17) is 0 Å². The molecule has 1 heteroatoms. The highest BCUT2D eigenvalue weighted by atomic mass is 32.1. The average Bonchev–Trinajstić information content (AvgIpc) is 2.41. The smallest absolute Gasteiger partial charge is 0.0348 e. The average molecular weight is 204 g/mol. The molecule has 0 aliphatic rings. The van der Waals surface area contributed by atoms with Gasteiger partial charge in [0.05, 0.1) is 0 Å². The third-order valence-electron chi connectivity index (χ3n) is 2.49. The van der Waals surface area contributed by atoms with Crippen LogP contribution >= 0.6 is 11.3 Å². The van der Waals surface area contributed by atoms with Crippen molar-refractivity contribution >= 4 is 21.4 Å².